The summed E-state index contributed by atoms with van der Waals surface area (Å²) in [5.74, 6) is 3.04. The molecule has 0 saturated carbocycles. The number of aldehydes is 1. The Morgan fingerprint density at radius 3 is 2.39 bits per heavy atom. The number of aromatic nitrogens is 2. The van der Waals surface area contributed by atoms with E-state index in [0.717, 1.165) is 17.4 Å². The number of carbonyl (C=O) groups is 1. The minimum Gasteiger partial charge on any atom is -0.493 e. The first-order valence-electron chi connectivity index (χ1n) is 9.68. The molecule has 0 aliphatic rings. The zero-order valence-electron chi connectivity index (χ0n) is 18.0. The third-order valence-corrected chi connectivity index (χ3v) is 4.69. The molecule has 0 spiro atoms. The maximum atomic E-state index is 10.7. The van der Waals surface area contributed by atoms with Crippen molar-refractivity contribution in [3.63, 3.8) is 0 Å². The minimum atomic E-state index is 0.341. The van der Waals surface area contributed by atoms with E-state index in [1.165, 1.54) is 6.20 Å². The first kappa shape index (κ1) is 21.9. The van der Waals surface area contributed by atoms with E-state index < -0.39 is 0 Å². The molecule has 3 aromatic rings. The number of hydrogen-bond acceptors (Lipinski definition) is 8. The average Bonchev–Trinajstić information content (AvgIpc) is 2.79. The maximum Gasteiger partial charge on any atom is 0.239 e. The lowest BCUT2D eigenvalue weighted by atomic mass is 10.0. The van der Waals surface area contributed by atoms with Crippen LogP contribution in [0.2, 0.25) is 0 Å². The molecule has 0 atom stereocenters. The second kappa shape index (κ2) is 10.3. The van der Waals surface area contributed by atoms with Crippen LogP contribution in [0, 0.1) is 6.92 Å². The van der Waals surface area contributed by atoms with Crippen LogP contribution in [-0.4, -0.2) is 37.6 Å². The van der Waals surface area contributed by atoms with Gasteiger partial charge in [0, 0.05) is 24.2 Å². The number of benzene rings is 2. The van der Waals surface area contributed by atoms with Gasteiger partial charge in [0.25, 0.3) is 0 Å². The summed E-state index contributed by atoms with van der Waals surface area (Å²) < 4.78 is 22.1. The highest BCUT2D eigenvalue weighted by Gasteiger charge is 2.14. The Morgan fingerprint density at radius 1 is 1.00 bits per heavy atom. The SMILES string of the molecule is COc1cc(Nc2cncc(Oc3cccc(CCC=O)c3C)n2)cc(OC)c1OC. The molecule has 0 aliphatic heterocycles. The van der Waals surface area contributed by atoms with E-state index in [-0.39, 0.29) is 0 Å². The molecule has 1 heterocycles. The van der Waals surface area contributed by atoms with Crippen molar-refractivity contribution in [2.24, 2.45) is 0 Å². The van der Waals surface area contributed by atoms with Crippen molar-refractivity contribution in [3.05, 3.63) is 53.9 Å². The van der Waals surface area contributed by atoms with Gasteiger partial charge in [0.2, 0.25) is 11.6 Å². The molecule has 8 heteroatoms. The second-order valence-corrected chi connectivity index (χ2v) is 6.63. The Bertz CT molecular complexity index is 1030. The van der Waals surface area contributed by atoms with Gasteiger partial charge in [-0.1, -0.05) is 12.1 Å². The lowest BCUT2D eigenvalue weighted by molar-refractivity contribution is -0.107. The topological polar surface area (TPSA) is 91.8 Å². The highest BCUT2D eigenvalue weighted by atomic mass is 16.5. The Labute approximate surface area is 181 Å². The molecule has 31 heavy (non-hydrogen) atoms. The van der Waals surface area contributed by atoms with Gasteiger partial charge in [0.05, 0.1) is 33.7 Å². The molecule has 3 rings (SSSR count). The molecular weight excluding hydrogens is 398 g/mol. The standard InChI is InChI=1S/C23H25N3O5/c1-15-16(8-6-10-27)7-5-9-18(15)31-22-14-24-13-21(26-22)25-17-11-19(28-2)23(30-4)20(12-17)29-3/h5,7,9-14H,6,8H2,1-4H3,(H,25,26). The molecule has 0 bridgehead atoms. The van der Waals surface area contributed by atoms with Gasteiger partial charge in [-0.3, -0.25) is 4.98 Å². The van der Waals surface area contributed by atoms with Crippen molar-refractivity contribution >= 4 is 17.8 Å². The summed E-state index contributed by atoms with van der Waals surface area (Å²) in [6.45, 7) is 1.96. The number of rotatable bonds is 10. The van der Waals surface area contributed by atoms with E-state index in [1.807, 2.05) is 25.1 Å². The van der Waals surface area contributed by atoms with Gasteiger partial charge in [-0.05, 0) is 30.5 Å². The Kier molecular flexibility index (Phi) is 7.26. The molecular formula is C23H25N3O5. The molecule has 8 nitrogen and oxygen atoms in total. The summed E-state index contributed by atoms with van der Waals surface area (Å²) in [4.78, 5) is 19.4. The van der Waals surface area contributed by atoms with Gasteiger partial charge in [-0.15, -0.1) is 0 Å². The number of methoxy groups -OCH3 is 3. The van der Waals surface area contributed by atoms with Gasteiger partial charge >= 0.3 is 0 Å². The number of nitrogens with one attached hydrogen (secondary N) is 1. The van der Waals surface area contributed by atoms with E-state index in [9.17, 15) is 4.79 Å². The predicted molar refractivity (Wildman–Crippen MR) is 117 cm³/mol. The minimum absolute atomic E-state index is 0.341. The van der Waals surface area contributed by atoms with Crippen LogP contribution in [0.25, 0.3) is 0 Å². The number of aryl methyl sites for hydroxylation is 1. The monoisotopic (exact) mass is 423 g/mol. The molecule has 2 aromatic carbocycles. The number of anilines is 2. The fraction of sp³-hybridized carbons (Fsp3) is 0.261. The first-order valence-corrected chi connectivity index (χ1v) is 9.68. The number of ether oxygens (including phenoxy) is 4. The lowest BCUT2D eigenvalue weighted by Gasteiger charge is -2.15. The smallest absolute Gasteiger partial charge is 0.239 e. The quantitative estimate of drug-likeness (QED) is 0.477. The second-order valence-electron chi connectivity index (χ2n) is 6.63. The molecule has 1 aromatic heterocycles. The third-order valence-electron chi connectivity index (χ3n) is 4.69. The molecule has 0 unspecified atom stereocenters. The molecule has 0 radical (unpaired) electrons. The lowest BCUT2D eigenvalue weighted by Crippen LogP contribution is -2.00. The molecule has 0 saturated heterocycles. The van der Waals surface area contributed by atoms with Crippen LogP contribution in [0.1, 0.15) is 17.5 Å². The zero-order chi connectivity index (χ0) is 22.2. The summed E-state index contributed by atoms with van der Waals surface area (Å²) in [6.07, 6.45) is 5.18. The highest BCUT2D eigenvalue weighted by molar-refractivity contribution is 5.66. The van der Waals surface area contributed by atoms with Crippen LogP contribution >= 0.6 is 0 Å². The molecule has 0 fully saturated rings. The van der Waals surface area contributed by atoms with Crippen molar-refractivity contribution in [1.82, 2.24) is 9.97 Å². The van der Waals surface area contributed by atoms with Gasteiger partial charge in [0.15, 0.2) is 17.3 Å². The normalized spacial score (nSPS) is 10.3. The third kappa shape index (κ3) is 5.22. The van der Waals surface area contributed by atoms with E-state index in [0.29, 0.717) is 53.2 Å². The highest BCUT2D eigenvalue weighted by Crippen LogP contribution is 2.40. The first-order chi connectivity index (χ1) is 15.1. The Hall–Kier alpha value is -3.81. The number of carbonyl (C=O) groups excluding carboxylic acids is 1. The maximum absolute atomic E-state index is 10.7. The Morgan fingerprint density at radius 2 is 1.74 bits per heavy atom. The summed E-state index contributed by atoms with van der Waals surface area (Å²) in [5, 5.41) is 3.18. The Balaban J connectivity index is 1.83. The van der Waals surface area contributed by atoms with Crippen LogP contribution in [0.4, 0.5) is 11.5 Å². The zero-order valence-corrected chi connectivity index (χ0v) is 18.0. The summed E-state index contributed by atoms with van der Waals surface area (Å²) >= 11 is 0. The fourth-order valence-corrected chi connectivity index (χ4v) is 3.13. The van der Waals surface area contributed by atoms with Crippen molar-refractivity contribution in [1.29, 1.82) is 0 Å². The average molecular weight is 423 g/mol. The largest absolute Gasteiger partial charge is 0.493 e. The van der Waals surface area contributed by atoms with Crippen molar-refractivity contribution in [2.75, 3.05) is 26.6 Å². The van der Waals surface area contributed by atoms with Gasteiger partial charge in [0.1, 0.15) is 12.0 Å². The molecule has 0 amide bonds. The molecule has 162 valence electrons. The summed E-state index contributed by atoms with van der Waals surface area (Å²) in [7, 11) is 4.66. The molecule has 0 aliphatic carbocycles. The van der Waals surface area contributed by atoms with Crippen molar-refractivity contribution in [3.8, 4) is 28.9 Å². The van der Waals surface area contributed by atoms with Crippen molar-refractivity contribution in [2.45, 2.75) is 19.8 Å². The van der Waals surface area contributed by atoms with E-state index >= 15 is 0 Å². The van der Waals surface area contributed by atoms with Crippen LogP contribution in [0.3, 0.4) is 0 Å². The van der Waals surface area contributed by atoms with E-state index in [1.54, 1.807) is 39.7 Å². The summed E-state index contributed by atoms with van der Waals surface area (Å²) in [6, 6.07) is 9.29. The predicted octanol–water partition coefficient (Wildman–Crippen LogP) is 4.48. The van der Waals surface area contributed by atoms with Gasteiger partial charge in [-0.2, -0.15) is 4.98 Å². The van der Waals surface area contributed by atoms with Crippen molar-refractivity contribution < 1.29 is 23.7 Å². The van der Waals surface area contributed by atoms with Crippen LogP contribution in [0.15, 0.2) is 42.7 Å². The van der Waals surface area contributed by atoms with E-state index in [2.05, 4.69) is 15.3 Å². The van der Waals surface area contributed by atoms with Gasteiger partial charge in [-0.25, -0.2) is 0 Å². The summed E-state index contributed by atoms with van der Waals surface area (Å²) in [5.41, 5.74) is 2.71. The van der Waals surface area contributed by atoms with Crippen LogP contribution in [0.5, 0.6) is 28.9 Å². The van der Waals surface area contributed by atoms with Crippen LogP contribution < -0.4 is 24.3 Å². The fourth-order valence-electron chi connectivity index (χ4n) is 3.13. The van der Waals surface area contributed by atoms with Gasteiger partial charge < -0.3 is 29.1 Å². The number of hydrogen-bond donors (Lipinski definition) is 1. The molecule has 1 N–H and O–H groups in total. The number of nitrogens with zero attached hydrogens (tertiary/aromatic N) is 2. The van der Waals surface area contributed by atoms with E-state index in [4.69, 9.17) is 18.9 Å². The van der Waals surface area contributed by atoms with Crippen LogP contribution in [-0.2, 0) is 11.2 Å².